The maximum absolute atomic E-state index is 5.24. The van der Waals surface area contributed by atoms with E-state index in [0.717, 1.165) is 58.5 Å². The van der Waals surface area contributed by atoms with Crippen molar-refractivity contribution in [1.29, 1.82) is 0 Å². The van der Waals surface area contributed by atoms with Crippen LogP contribution >= 0.6 is 11.3 Å². The lowest BCUT2D eigenvalue weighted by Crippen LogP contribution is -1.85. The van der Waals surface area contributed by atoms with Crippen LogP contribution in [0.5, 0.6) is 5.75 Å². The number of furan rings is 1. The first-order valence-electron chi connectivity index (χ1n) is 35.6. The minimum absolute atomic E-state index is 0.595. The van der Waals surface area contributed by atoms with Crippen molar-refractivity contribution in [2.45, 2.75) is 163 Å². The van der Waals surface area contributed by atoms with E-state index in [0.29, 0.717) is 18.0 Å². The van der Waals surface area contributed by atoms with E-state index < -0.39 is 0 Å². The Morgan fingerprint density at radius 1 is 0.430 bits per heavy atom. The number of nitrogens with zero attached hydrogens (tertiary/aromatic N) is 11. The van der Waals surface area contributed by atoms with Crippen LogP contribution in [0, 0.1) is 0 Å². The highest BCUT2D eigenvalue weighted by Gasteiger charge is 2.10. The van der Waals surface area contributed by atoms with E-state index in [4.69, 9.17) is 13.6 Å². The molecule has 530 valence electrons. The summed E-state index contributed by atoms with van der Waals surface area (Å²) in [7, 11) is 0. The summed E-state index contributed by atoms with van der Waals surface area (Å²) < 4.78 is 16.4. The van der Waals surface area contributed by atoms with E-state index >= 15 is 0 Å². The van der Waals surface area contributed by atoms with Gasteiger partial charge in [0.05, 0.1) is 51.4 Å². The lowest BCUT2D eigenvalue weighted by molar-refractivity contribution is 0.355. The number of aryl methyl sites for hydroxylation is 2. The fraction of sp³-hybridized carbons (Fsp3) is 0.298. The van der Waals surface area contributed by atoms with Crippen molar-refractivity contribution in [1.82, 2.24) is 49.8 Å². The van der Waals surface area contributed by atoms with Crippen LogP contribution < -0.4 is 4.74 Å². The molecule has 4 aromatic carbocycles. The van der Waals surface area contributed by atoms with Crippen molar-refractivity contribution in [3.05, 3.63) is 278 Å². The van der Waals surface area contributed by atoms with E-state index in [1.807, 2.05) is 246 Å². The average molecular weight is 1370 g/mol. The number of oxazole rings is 1. The van der Waals surface area contributed by atoms with Gasteiger partial charge in [-0.1, -0.05) is 222 Å². The summed E-state index contributed by atoms with van der Waals surface area (Å²) in [4.78, 5) is 39.2. The van der Waals surface area contributed by atoms with Crippen LogP contribution in [-0.4, -0.2) is 56.4 Å². The van der Waals surface area contributed by atoms with Gasteiger partial charge in [0, 0.05) is 72.0 Å². The van der Waals surface area contributed by atoms with Gasteiger partial charge in [0.25, 0.3) is 0 Å². The van der Waals surface area contributed by atoms with Crippen LogP contribution in [0.2, 0.25) is 0 Å². The lowest BCUT2D eigenvalue weighted by atomic mass is 10.1. The molecule has 2 aliphatic heterocycles. The smallest absolute Gasteiger partial charge is 0.246 e. The molecule has 14 aromatic rings. The molecule has 18 rings (SSSR count). The maximum atomic E-state index is 5.24. The van der Waals surface area contributed by atoms with Crippen LogP contribution in [0.3, 0.4) is 0 Å². The molecule has 0 amide bonds. The molecule has 0 unspecified atom stereocenters. The van der Waals surface area contributed by atoms with Crippen molar-refractivity contribution in [2.24, 2.45) is 10.2 Å². The number of azo groups is 1. The summed E-state index contributed by atoms with van der Waals surface area (Å²) in [5, 5.41) is 11.1. The van der Waals surface area contributed by atoms with Crippen molar-refractivity contribution >= 4 is 77.5 Å². The van der Waals surface area contributed by atoms with E-state index in [1.165, 1.54) is 80.9 Å². The number of pyridine rings is 5. The molecule has 10 aromatic heterocycles. The molecule has 0 spiro atoms. The first-order valence-corrected chi connectivity index (χ1v) is 36.5. The number of benzene rings is 4. The fourth-order valence-corrected chi connectivity index (χ4v) is 9.31. The van der Waals surface area contributed by atoms with Crippen LogP contribution in [0.25, 0.3) is 60.4 Å². The number of thiazole rings is 1. The summed E-state index contributed by atoms with van der Waals surface area (Å²) in [6.45, 7) is 37.5. The Hall–Kier alpha value is -10.5. The van der Waals surface area contributed by atoms with Crippen molar-refractivity contribution in [3.8, 4) is 5.75 Å². The SMILES string of the molecule is C1=Cc2ccccc2C1.CC.CC.CC.CC.CC.CC.CC.CC.CC.c1cc2c(cn1)OCC2.c1ccc2[nH]ccc2c1.c1ccc2ncccc2c1.c1ccc2scnc2c1.c1cnc2c(c1)CCC2.c1cnc2c(c1)N=NC2.c1cnc2ocnc2c1.c1ncc2ccoc2n1. The molecule has 0 radical (unpaired) electrons. The molecule has 0 saturated heterocycles. The van der Waals surface area contributed by atoms with Gasteiger partial charge in [-0.3, -0.25) is 19.9 Å². The van der Waals surface area contributed by atoms with Crippen LogP contribution in [0.4, 0.5) is 5.69 Å². The Morgan fingerprint density at radius 3 is 1.76 bits per heavy atom. The third-order valence-corrected chi connectivity index (χ3v) is 13.6. The molecule has 4 aliphatic rings. The zero-order valence-corrected chi connectivity index (χ0v) is 63.5. The second kappa shape index (κ2) is 58.7. The number of para-hydroxylation sites is 3. The molecule has 15 nitrogen and oxygen atoms in total. The average Bonchev–Trinajstić information content (AvgIpc) is 1.61. The van der Waals surface area contributed by atoms with E-state index in [9.17, 15) is 0 Å². The monoisotopic (exact) mass is 1370 g/mol. The fourth-order valence-electron chi connectivity index (χ4n) is 8.64. The predicted octanol–water partition coefficient (Wildman–Crippen LogP) is 24.9. The Morgan fingerprint density at radius 2 is 1.06 bits per heavy atom. The number of hydrogen-bond donors (Lipinski definition) is 1. The van der Waals surface area contributed by atoms with Gasteiger partial charge in [-0.05, 0) is 127 Å². The quantitative estimate of drug-likeness (QED) is 0.151. The van der Waals surface area contributed by atoms with E-state index in [2.05, 4.69) is 139 Å². The number of fused-ring (bicyclic) bond motifs is 9. The molecule has 12 heterocycles. The third kappa shape index (κ3) is 31.8. The molecule has 2 aliphatic carbocycles. The minimum atomic E-state index is 0.595. The zero-order chi connectivity index (χ0) is 73.6. The second-order valence-corrected chi connectivity index (χ2v) is 19.1. The number of H-pyrrole nitrogens is 1. The van der Waals surface area contributed by atoms with Gasteiger partial charge < -0.3 is 18.6 Å². The molecule has 0 bridgehead atoms. The minimum Gasteiger partial charge on any atom is -0.491 e. The number of hydrogen-bond acceptors (Lipinski definition) is 15. The first-order chi connectivity index (χ1) is 49.7. The molecule has 1 N–H and O–H groups in total. The number of nitrogens with one attached hydrogen (secondary N) is 1. The van der Waals surface area contributed by atoms with Crippen molar-refractivity contribution < 1.29 is 13.6 Å². The Kier molecular flexibility index (Phi) is 51.4. The molecule has 0 atom stereocenters. The van der Waals surface area contributed by atoms with Crippen LogP contribution in [0.1, 0.15) is 165 Å². The van der Waals surface area contributed by atoms with E-state index in [-0.39, 0.29) is 0 Å². The lowest BCUT2D eigenvalue weighted by Gasteiger charge is -1.93. The van der Waals surface area contributed by atoms with E-state index in [1.54, 1.807) is 48.6 Å². The highest BCUT2D eigenvalue weighted by Crippen LogP contribution is 2.24. The van der Waals surface area contributed by atoms with Crippen molar-refractivity contribution in [3.63, 3.8) is 0 Å². The highest BCUT2D eigenvalue weighted by molar-refractivity contribution is 7.16. The van der Waals surface area contributed by atoms with Gasteiger partial charge in [0.1, 0.15) is 29.8 Å². The number of allylic oxidation sites excluding steroid dienone is 1. The number of aromatic amines is 1. The van der Waals surface area contributed by atoms with Crippen molar-refractivity contribution in [2.75, 3.05) is 6.61 Å². The molecule has 0 fully saturated rings. The summed E-state index contributed by atoms with van der Waals surface area (Å²) in [5.41, 5.74) is 16.1. The number of rotatable bonds is 0. The Labute approximate surface area is 601 Å². The predicted molar refractivity (Wildman–Crippen MR) is 427 cm³/mol. The zero-order valence-electron chi connectivity index (χ0n) is 62.7. The first kappa shape index (κ1) is 87.6. The molecular weight excluding hydrogens is 1260 g/mol. The normalized spacial score (nSPS) is 10.4. The molecular formula is C84H110N12O3S. The number of ether oxygens (including phenoxy) is 1. The standard InChI is InChI=1S/C9H7N.C9H8.C8H9N.C8H7N.C7H7NO.C7H5NS.C6H5N3.2C6H4N2O.9C2H6/c1-2-6-9-8(4-1)5-3-7-10-9;1-2-5-9-7-3-6-8(9)4-1;1-3-7-4-2-6-9-8(7)5-1;1-2-4-8-7(3-1)5-6-9-8;1-3-8-5-7-6(1)2-4-9-7;1-2-4-7-6(3-1)8-5-9-7;1-2-5-6(7-3-1)4-8-9-5;1-2-9-6-5(1)3-7-4-8-6;1-2-5-6(7-3-1)9-4-8-5;9*1-2/h1-7H;1-6H,7H2;2,4,6H,1,3,5H2;1-6,9H;1,3,5H,2,4H2;1-5H;1-3H,4H2;2*1-4H;9*1-2H3. The van der Waals surface area contributed by atoms with Gasteiger partial charge in [0.15, 0.2) is 6.39 Å². The summed E-state index contributed by atoms with van der Waals surface area (Å²) in [5.74, 6) is 0.956. The largest absolute Gasteiger partial charge is 0.491 e. The van der Waals surface area contributed by atoms with Crippen LogP contribution in [0.15, 0.2) is 263 Å². The number of aromatic nitrogens is 10. The summed E-state index contributed by atoms with van der Waals surface area (Å²) in [6, 6.07) is 54.5. The van der Waals surface area contributed by atoms with Gasteiger partial charge >= 0.3 is 0 Å². The Balaban J connectivity index is 0.000000547. The molecule has 100 heavy (non-hydrogen) atoms. The molecule has 0 saturated carbocycles. The third-order valence-electron chi connectivity index (χ3n) is 12.7. The Bertz CT molecular complexity index is 3660. The summed E-state index contributed by atoms with van der Waals surface area (Å²) in [6.07, 6.45) is 29.1. The highest BCUT2D eigenvalue weighted by atomic mass is 32.1. The van der Waals surface area contributed by atoms with Gasteiger partial charge in [0.2, 0.25) is 11.4 Å². The van der Waals surface area contributed by atoms with Gasteiger partial charge in [-0.15, -0.1) is 11.3 Å². The molecule has 16 heteroatoms. The van der Waals surface area contributed by atoms with Gasteiger partial charge in [-0.2, -0.15) is 10.2 Å². The second-order valence-electron chi connectivity index (χ2n) is 18.2. The van der Waals surface area contributed by atoms with Crippen LogP contribution in [-0.2, 0) is 32.2 Å². The van der Waals surface area contributed by atoms with Gasteiger partial charge in [-0.25, -0.2) is 24.9 Å². The summed E-state index contributed by atoms with van der Waals surface area (Å²) >= 11 is 1.68. The topological polar surface area (TPSA) is 192 Å². The maximum Gasteiger partial charge on any atom is 0.246 e.